The van der Waals surface area contributed by atoms with Gasteiger partial charge in [-0.05, 0) is 25.1 Å². The first-order valence-electron chi connectivity index (χ1n) is 6.30. The van der Waals surface area contributed by atoms with Crippen molar-refractivity contribution in [3.63, 3.8) is 0 Å². The maximum Gasteiger partial charge on any atom is 0.338 e. The second-order valence-electron chi connectivity index (χ2n) is 4.39. The van der Waals surface area contributed by atoms with Gasteiger partial charge in [0.15, 0.2) is 0 Å². The topological polar surface area (TPSA) is 66.6 Å². The van der Waals surface area contributed by atoms with Gasteiger partial charge < -0.3 is 15.7 Å². The standard InChI is InChI=1S/C15H14F2N2O2/c1-2-19(13-6-4-3-5-10(13)16)14-8-11(17)9(15(20)21)7-12(14)18/h3-8H,2,18H2,1H3,(H,20,21). The summed E-state index contributed by atoms with van der Waals surface area (Å²) in [6.07, 6.45) is 0. The van der Waals surface area contributed by atoms with Gasteiger partial charge in [-0.2, -0.15) is 0 Å². The van der Waals surface area contributed by atoms with Gasteiger partial charge in [-0.15, -0.1) is 0 Å². The number of hydrogen-bond acceptors (Lipinski definition) is 3. The number of carbonyl (C=O) groups is 1. The van der Waals surface area contributed by atoms with Crippen molar-refractivity contribution < 1.29 is 18.7 Å². The molecular weight excluding hydrogens is 278 g/mol. The highest BCUT2D eigenvalue weighted by Gasteiger charge is 2.19. The van der Waals surface area contributed by atoms with Crippen molar-refractivity contribution in [1.82, 2.24) is 0 Å². The van der Waals surface area contributed by atoms with Crippen molar-refractivity contribution in [2.75, 3.05) is 17.2 Å². The number of nitrogens with two attached hydrogens (primary N) is 1. The maximum atomic E-state index is 13.9. The first-order valence-corrected chi connectivity index (χ1v) is 6.30. The molecule has 0 unspecified atom stereocenters. The zero-order valence-corrected chi connectivity index (χ0v) is 11.3. The van der Waals surface area contributed by atoms with E-state index in [4.69, 9.17) is 10.8 Å². The van der Waals surface area contributed by atoms with Crippen LogP contribution in [0.5, 0.6) is 0 Å². The molecule has 0 saturated carbocycles. The number of halogens is 2. The molecule has 0 heterocycles. The number of nitrogen functional groups attached to an aromatic ring is 1. The lowest BCUT2D eigenvalue weighted by atomic mass is 10.1. The molecule has 21 heavy (non-hydrogen) atoms. The fourth-order valence-electron chi connectivity index (χ4n) is 2.12. The predicted octanol–water partition coefficient (Wildman–Crippen LogP) is 3.40. The van der Waals surface area contributed by atoms with Crippen molar-refractivity contribution in [2.45, 2.75) is 6.92 Å². The second kappa shape index (κ2) is 5.78. The Kier molecular flexibility index (Phi) is 4.07. The zero-order valence-electron chi connectivity index (χ0n) is 11.3. The predicted molar refractivity (Wildman–Crippen MR) is 76.9 cm³/mol. The van der Waals surface area contributed by atoms with Crippen LogP contribution in [0.15, 0.2) is 36.4 Å². The summed E-state index contributed by atoms with van der Waals surface area (Å²) in [7, 11) is 0. The van der Waals surface area contributed by atoms with Gasteiger partial charge in [-0.3, -0.25) is 0 Å². The van der Waals surface area contributed by atoms with Gasteiger partial charge in [0.1, 0.15) is 11.6 Å². The summed E-state index contributed by atoms with van der Waals surface area (Å²) in [5.41, 5.74) is 5.82. The molecule has 110 valence electrons. The molecule has 0 fully saturated rings. The molecular formula is C15H14F2N2O2. The Balaban J connectivity index is 2.56. The number of carboxylic acids is 1. The summed E-state index contributed by atoms with van der Waals surface area (Å²) in [6, 6.07) is 8.08. The molecule has 2 aromatic rings. The molecule has 0 spiro atoms. The van der Waals surface area contributed by atoms with E-state index in [9.17, 15) is 13.6 Å². The van der Waals surface area contributed by atoms with Gasteiger partial charge in [0.2, 0.25) is 0 Å². The molecule has 2 aromatic carbocycles. The largest absolute Gasteiger partial charge is 0.478 e. The Bertz CT molecular complexity index is 689. The highest BCUT2D eigenvalue weighted by atomic mass is 19.1. The Morgan fingerprint density at radius 2 is 1.86 bits per heavy atom. The normalized spacial score (nSPS) is 10.4. The molecule has 4 nitrogen and oxygen atoms in total. The number of anilines is 3. The fraction of sp³-hybridized carbons (Fsp3) is 0.133. The van der Waals surface area contributed by atoms with Crippen molar-refractivity contribution in [1.29, 1.82) is 0 Å². The van der Waals surface area contributed by atoms with E-state index < -0.39 is 23.2 Å². The molecule has 0 aliphatic heterocycles. The number of benzene rings is 2. The highest BCUT2D eigenvalue weighted by molar-refractivity contribution is 5.91. The number of hydrogen-bond donors (Lipinski definition) is 2. The number of para-hydroxylation sites is 1. The van der Waals surface area contributed by atoms with Gasteiger partial charge in [0.05, 0.1) is 22.6 Å². The molecule has 0 aromatic heterocycles. The van der Waals surface area contributed by atoms with E-state index in [1.165, 1.54) is 11.0 Å². The minimum atomic E-state index is -1.40. The number of nitrogens with zero attached hydrogens (tertiary/aromatic N) is 1. The molecule has 0 amide bonds. The van der Waals surface area contributed by atoms with Gasteiger partial charge in [-0.25, -0.2) is 13.6 Å². The lowest BCUT2D eigenvalue weighted by molar-refractivity contribution is 0.0692. The van der Waals surface area contributed by atoms with E-state index in [2.05, 4.69) is 0 Å². The second-order valence-corrected chi connectivity index (χ2v) is 4.39. The Labute approximate surface area is 120 Å². The summed E-state index contributed by atoms with van der Waals surface area (Å²) in [5, 5.41) is 8.87. The van der Waals surface area contributed by atoms with Crippen molar-refractivity contribution in [2.24, 2.45) is 0 Å². The van der Waals surface area contributed by atoms with Crippen molar-refractivity contribution >= 4 is 23.0 Å². The van der Waals surface area contributed by atoms with Crippen LogP contribution < -0.4 is 10.6 Å². The Hall–Kier alpha value is -2.63. The molecule has 0 radical (unpaired) electrons. The van der Waals surface area contributed by atoms with E-state index >= 15 is 0 Å². The minimum absolute atomic E-state index is 0.0684. The van der Waals surface area contributed by atoms with Gasteiger partial charge in [0, 0.05) is 12.6 Å². The number of rotatable bonds is 4. The van der Waals surface area contributed by atoms with E-state index in [-0.39, 0.29) is 17.1 Å². The molecule has 0 aliphatic rings. The van der Waals surface area contributed by atoms with Gasteiger partial charge in [-0.1, -0.05) is 12.1 Å². The molecule has 0 aliphatic carbocycles. The van der Waals surface area contributed by atoms with E-state index in [0.29, 0.717) is 6.54 Å². The summed E-state index contributed by atoms with van der Waals surface area (Å²) < 4.78 is 27.7. The third-order valence-corrected chi connectivity index (χ3v) is 3.10. The third kappa shape index (κ3) is 2.79. The van der Waals surface area contributed by atoms with Crippen LogP contribution in [0.3, 0.4) is 0 Å². The number of aromatic carboxylic acids is 1. The van der Waals surface area contributed by atoms with Crippen molar-refractivity contribution in [3.05, 3.63) is 53.6 Å². The average Bonchev–Trinajstić information content (AvgIpc) is 2.44. The first-order chi connectivity index (χ1) is 9.95. The minimum Gasteiger partial charge on any atom is -0.478 e. The summed E-state index contributed by atoms with van der Waals surface area (Å²) in [5.74, 6) is -2.79. The van der Waals surface area contributed by atoms with Crippen LogP contribution in [0, 0.1) is 11.6 Å². The van der Waals surface area contributed by atoms with Crippen molar-refractivity contribution in [3.8, 4) is 0 Å². The van der Waals surface area contributed by atoms with Crippen LogP contribution in [0.2, 0.25) is 0 Å². The van der Waals surface area contributed by atoms with Crippen LogP contribution in [0.4, 0.5) is 25.8 Å². The van der Waals surface area contributed by atoms with Crippen LogP contribution >= 0.6 is 0 Å². The van der Waals surface area contributed by atoms with Crippen LogP contribution in [0.25, 0.3) is 0 Å². The Morgan fingerprint density at radius 3 is 2.43 bits per heavy atom. The first kappa shape index (κ1) is 14.8. The third-order valence-electron chi connectivity index (χ3n) is 3.10. The lowest BCUT2D eigenvalue weighted by Crippen LogP contribution is -2.19. The van der Waals surface area contributed by atoms with Crippen LogP contribution in [-0.2, 0) is 0 Å². The average molecular weight is 292 g/mol. The molecule has 2 rings (SSSR count). The summed E-state index contributed by atoms with van der Waals surface area (Å²) in [6.45, 7) is 2.10. The monoisotopic (exact) mass is 292 g/mol. The smallest absolute Gasteiger partial charge is 0.338 e. The zero-order chi connectivity index (χ0) is 15.6. The van der Waals surface area contributed by atoms with Crippen LogP contribution in [-0.4, -0.2) is 17.6 Å². The number of carboxylic acid groups (broad SMARTS) is 1. The molecule has 0 saturated heterocycles. The summed E-state index contributed by atoms with van der Waals surface area (Å²) in [4.78, 5) is 12.4. The van der Waals surface area contributed by atoms with E-state index in [1.54, 1.807) is 25.1 Å². The Morgan fingerprint density at radius 1 is 1.19 bits per heavy atom. The molecule has 0 bridgehead atoms. The fourth-order valence-corrected chi connectivity index (χ4v) is 2.12. The van der Waals surface area contributed by atoms with Gasteiger partial charge in [0.25, 0.3) is 0 Å². The van der Waals surface area contributed by atoms with Crippen LogP contribution in [0.1, 0.15) is 17.3 Å². The summed E-state index contributed by atoms with van der Waals surface area (Å²) >= 11 is 0. The highest BCUT2D eigenvalue weighted by Crippen LogP contribution is 2.33. The van der Waals surface area contributed by atoms with E-state index in [1.807, 2.05) is 0 Å². The maximum absolute atomic E-state index is 13.9. The van der Waals surface area contributed by atoms with Gasteiger partial charge >= 0.3 is 5.97 Å². The SMILES string of the molecule is CCN(c1cc(F)c(C(=O)O)cc1N)c1ccccc1F. The molecule has 0 atom stereocenters. The molecule has 6 heteroatoms. The van der Waals surface area contributed by atoms with E-state index in [0.717, 1.165) is 12.1 Å². The lowest BCUT2D eigenvalue weighted by Gasteiger charge is -2.25. The molecule has 3 N–H and O–H groups in total. The quantitative estimate of drug-likeness (QED) is 0.848.